The summed E-state index contributed by atoms with van der Waals surface area (Å²) in [6, 6.07) is 0. The van der Waals surface area contributed by atoms with Crippen LogP contribution in [0.3, 0.4) is 0 Å². The Morgan fingerprint density at radius 1 is 1.43 bits per heavy atom. The molecule has 0 radical (unpaired) electrons. The maximum atomic E-state index is 11.6. The maximum Gasteiger partial charge on any atom is 0.313 e. The van der Waals surface area contributed by atoms with Crippen molar-refractivity contribution in [1.29, 1.82) is 0 Å². The van der Waals surface area contributed by atoms with Crippen LogP contribution in [0, 0.1) is 11.3 Å². The first-order valence-electron chi connectivity index (χ1n) is 5.18. The number of rotatable bonds is 5. The second-order valence-electron chi connectivity index (χ2n) is 4.32. The third kappa shape index (κ3) is 2.56. The van der Waals surface area contributed by atoms with Crippen LogP contribution in [-0.2, 0) is 14.3 Å². The fourth-order valence-corrected chi connectivity index (χ4v) is 1.53. The van der Waals surface area contributed by atoms with Gasteiger partial charge in [0, 0.05) is 5.92 Å². The van der Waals surface area contributed by atoms with Crippen molar-refractivity contribution < 1.29 is 14.3 Å². The molecule has 0 bridgehead atoms. The van der Waals surface area contributed by atoms with Crippen LogP contribution in [0.5, 0.6) is 0 Å². The molecule has 0 aromatic rings. The lowest BCUT2D eigenvalue weighted by Gasteiger charge is -2.16. The van der Waals surface area contributed by atoms with Gasteiger partial charge in [0.2, 0.25) is 0 Å². The Balaban J connectivity index is 2.38. The van der Waals surface area contributed by atoms with E-state index in [1.807, 2.05) is 6.92 Å². The zero-order valence-corrected chi connectivity index (χ0v) is 9.13. The number of ether oxygens (including phenoxy) is 1. The van der Waals surface area contributed by atoms with Crippen LogP contribution in [0.1, 0.15) is 40.0 Å². The Bertz CT molecular complexity index is 241. The Labute approximate surface area is 84.8 Å². The van der Waals surface area contributed by atoms with Gasteiger partial charge in [0.15, 0.2) is 0 Å². The SMILES string of the molecule is CCOC(=O)CC(=O)C(C)C1(C)CC1. The van der Waals surface area contributed by atoms with E-state index in [9.17, 15) is 9.59 Å². The fraction of sp³-hybridized carbons (Fsp3) is 0.818. The van der Waals surface area contributed by atoms with Gasteiger partial charge in [0.25, 0.3) is 0 Å². The van der Waals surface area contributed by atoms with Crippen LogP contribution in [0.15, 0.2) is 0 Å². The van der Waals surface area contributed by atoms with Gasteiger partial charge in [0.05, 0.1) is 6.61 Å². The molecule has 1 aliphatic carbocycles. The lowest BCUT2D eigenvalue weighted by Crippen LogP contribution is -2.23. The molecule has 80 valence electrons. The second kappa shape index (κ2) is 4.11. The summed E-state index contributed by atoms with van der Waals surface area (Å²) >= 11 is 0. The lowest BCUT2D eigenvalue weighted by molar-refractivity contribution is -0.146. The Hall–Kier alpha value is -0.860. The highest BCUT2D eigenvalue weighted by Crippen LogP contribution is 2.51. The fourth-order valence-electron chi connectivity index (χ4n) is 1.53. The average Bonchev–Trinajstić information content (AvgIpc) is 2.84. The third-order valence-corrected chi connectivity index (χ3v) is 3.19. The minimum Gasteiger partial charge on any atom is -0.466 e. The van der Waals surface area contributed by atoms with Gasteiger partial charge in [-0.15, -0.1) is 0 Å². The van der Waals surface area contributed by atoms with Crippen molar-refractivity contribution in [3.05, 3.63) is 0 Å². The predicted molar refractivity (Wildman–Crippen MR) is 52.8 cm³/mol. The minimum absolute atomic E-state index is 0.00749. The van der Waals surface area contributed by atoms with Crippen LogP contribution in [-0.4, -0.2) is 18.4 Å². The smallest absolute Gasteiger partial charge is 0.313 e. The van der Waals surface area contributed by atoms with Crippen molar-refractivity contribution in [2.45, 2.75) is 40.0 Å². The summed E-state index contributed by atoms with van der Waals surface area (Å²) in [4.78, 5) is 22.7. The van der Waals surface area contributed by atoms with Crippen LogP contribution < -0.4 is 0 Å². The van der Waals surface area contributed by atoms with Crippen molar-refractivity contribution in [3.63, 3.8) is 0 Å². The molecule has 0 aromatic carbocycles. The first-order chi connectivity index (χ1) is 6.49. The van der Waals surface area contributed by atoms with Crippen molar-refractivity contribution in [2.24, 2.45) is 11.3 Å². The first kappa shape index (κ1) is 11.2. The van der Waals surface area contributed by atoms with E-state index >= 15 is 0 Å². The highest BCUT2D eigenvalue weighted by molar-refractivity contribution is 5.97. The number of Topliss-reactive ketones (excluding diaryl/α,β-unsaturated/α-hetero) is 1. The maximum absolute atomic E-state index is 11.6. The molecule has 1 unspecified atom stereocenters. The van der Waals surface area contributed by atoms with Gasteiger partial charge in [-0.3, -0.25) is 9.59 Å². The molecule has 1 saturated carbocycles. The molecule has 0 N–H and O–H groups in total. The Morgan fingerprint density at radius 2 is 2.00 bits per heavy atom. The molecule has 1 aliphatic rings. The van der Waals surface area contributed by atoms with E-state index in [-0.39, 0.29) is 23.5 Å². The standard InChI is InChI=1S/C11H18O3/c1-4-14-10(13)7-9(12)8(2)11(3)5-6-11/h8H,4-7H2,1-3H3. The molecule has 1 rings (SSSR count). The molecule has 0 spiro atoms. The monoisotopic (exact) mass is 198 g/mol. The molecule has 1 fully saturated rings. The van der Waals surface area contributed by atoms with Crippen LogP contribution >= 0.6 is 0 Å². The molecule has 1 atom stereocenters. The highest BCUT2D eigenvalue weighted by atomic mass is 16.5. The summed E-state index contributed by atoms with van der Waals surface area (Å²) in [6.45, 7) is 6.10. The van der Waals surface area contributed by atoms with Gasteiger partial charge in [-0.25, -0.2) is 0 Å². The number of hydrogen-bond donors (Lipinski definition) is 0. The quantitative estimate of drug-likeness (QED) is 0.501. The van der Waals surface area contributed by atoms with Gasteiger partial charge in [-0.05, 0) is 25.2 Å². The molecular formula is C11H18O3. The number of esters is 1. The second-order valence-corrected chi connectivity index (χ2v) is 4.32. The molecular weight excluding hydrogens is 180 g/mol. The molecule has 0 heterocycles. The summed E-state index contributed by atoms with van der Waals surface area (Å²) in [6.07, 6.45) is 2.13. The van der Waals surface area contributed by atoms with Crippen molar-refractivity contribution in [1.82, 2.24) is 0 Å². The van der Waals surface area contributed by atoms with Crippen LogP contribution in [0.25, 0.3) is 0 Å². The number of ketones is 1. The number of carbonyl (C=O) groups is 2. The Kier molecular flexibility index (Phi) is 3.29. The van der Waals surface area contributed by atoms with Gasteiger partial charge in [-0.1, -0.05) is 13.8 Å². The van der Waals surface area contributed by atoms with E-state index in [2.05, 4.69) is 6.92 Å². The molecule has 3 heteroatoms. The lowest BCUT2D eigenvalue weighted by atomic mass is 9.88. The van der Waals surface area contributed by atoms with Gasteiger partial charge < -0.3 is 4.74 Å². The zero-order chi connectivity index (χ0) is 10.8. The van der Waals surface area contributed by atoms with E-state index < -0.39 is 5.97 Å². The molecule has 0 amide bonds. The Morgan fingerprint density at radius 3 is 2.43 bits per heavy atom. The van der Waals surface area contributed by atoms with Gasteiger partial charge in [-0.2, -0.15) is 0 Å². The van der Waals surface area contributed by atoms with Crippen molar-refractivity contribution in [3.8, 4) is 0 Å². The number of carbonyl (C=O) groups excluding carboxylic acids is 2. The van der Waals surface area contributed by atoms with Gasteiger partial charge in [0.1, 0.15) is 12.2 Å². The summed E-state index contributed by atoms with van der Waals surface area (Å²) in [5.41, 5.74) is 0.156. The third-order valence-electron chi connectivity index (χ3n) is 3.19. The predicted octanol–water partition coefficient (Wildman–Crippen LogP) is 1.94. The summed E-state index contributed by atoms with van der Waals surface area (Å²) in [5.74, 6) is -0.385. The van der Waals surface area contributed by atoms with E-state index in [1.54, 1.807) is 6.92 Å². The number of hydrogen-bond acceptors (Lipinski definition) is 3. The summed E-state index contributed by atoms with van der Waals surface area (Å²) < 4.78 is 4.74. The topological polar surface area (TPSA) is 43.4 Å². The van der Waals surface area contributed by atoms with E-state index in [0.29, 0.717) is 6.61 Å². The molecule has 14 heavy (non-hydrogen) atoms. The largest absolute Gasteiger partial charge is 0.466 e. The summed E-state index contributed by atoms with van der Waals surface area (Å²) in [5, 5.41) is 0. The summed E-state index contributed by atoms with van der Waals surface area (Å²) in [7, 11) is 0. The normalized spacial score (nSPS) is 19.9. The van der Waals surface area contributed by atoms with Crippen molar-refractivity contribution in [2.75, 3.05) is 6.61 Å². The molecule has 0 saturated heterocycles. The van der Waals surface area contributed by atoms with E-state index in [4.69, 9.17) is 4.74 Å². The van der Waals surface area contributed by atoms with E-state index in [1.165, 1.54) is 0 Å². The highest BCUT2D eigenvalue weighted by Gasteiger charge is 2.45. The molecule has 0 aromatic heterocycles. The molecule has 0 aliphatic heterocycles. The van der Waals surface area contributed by atoms with Crippen molar-refractivity contribution >= 4 is 11.8 Å². The van der Waals surface area contributed by atoms with Crippen LogP contribution in [0.4, 0.5) is 0 Å². The van der Waals surface area contributed by atoms with Crippen LogP contribution in [0.2, 0.25) is 0 Å². The molecule has 3 nitrogen and oxygen atoms in total. The minimum atomic E-state index is -0.395. The average molecular weight is 198 g/mol. The zero-order valence-electron chi connectivity index (χ0n) is 9.13. The van der Waals surface area contributed by atoms with Gasteiger partial charge >= 0.3 is 5.97 Å². The first-order valence-corrected chi connectivity index (χ1v) is 5.18. The van der Waals surface area contributed by atoms with E-state index in [0.717, 1.165) is 12.8 Å².